The maximum absolute atomic E-state index is 12.8. The first kappa shape index (κ1) is 17.8. The SMILES string of the molecule is Cl.NC1C2CCCC1CC(C(=O)Nc1ccc3nc(C4CC4)oc3c1)C2. The zero-order valence-electron chi connectivity index (χ0n) is 14.8. The van der Waals surface area contributed by atoms with Crippen LogP contribution in [0.5, 0.6) is 0 Å². The molecule has 3 N–H and O–H groups in total. The highest BCUT2D eigenvalue weighted by molar-refractivity contribution is 5.94. The lowest BCUT2D eigenvalue weighted by Gasteiger charge is -2.43. The van der Waals surface area contributed by atoms with Crippen LogP contribution in [-0.4, -0.2) is 16.9 Å². The number of rotatable bonds is 3. The molecule has 2 bridgehead atoms. The highest BCUT2D eigenvalue weighted by Gasteiger charge is 2.40. The molecule has 3 aliphatic rings. The summed E-state index contributed by atoms with van der Waals surface area (Å²) in [5, 5.41) is 3.09. The van der Waals surface area contributed by atoms with Crippen LogP contribution in [0.1, 0.15) is 56.8 Å². The van der Waals surface area contributed by atoms with Gasteiger partial charge in [0.05, 0.1) is 0 Å². The van der Waals surface area contributed by atoms with Crippen molar-refractivity contribution in [3.63, 3.8) is 0 Å². The highest BCUT2D eigenvalue weighted by Crippen LogP contribution is 2.43. The van der Waals surface area contributed by atoms with Gasteiger partial charge in [-0.15, -0.1) is 12.4 Å². The molecule has 6 heteroatoms. The van der Waals surface area contributed by atoms with E-state index in [1.54, 1.807) is 0 Å². The Morgan fingerprint density at radius 2 is 1.88 bits per heavy atom. The van der Waals surface area contributed by atoms with Gasteiger partial charge in [0, 0.05) is 29.6 Å². The second-order valence-corrected chi connectivity index (χ2v) is 8.19. The van der Waals surface area contributed by atoms with Crippen LogP contribution >= 0.6 is 12.4 Å². The van der Waals surface area contributed by atoms with Crippen molar-refractivity contribution in [3.8, 4) is 0 Å². The largest absolute Gasteiger partial charge is 0.440 e. The van der Waals surface area contributed by atoms with Gasteiger partial charge in [0.1, 0.15) is 5.52 Å². The van der Waals surface area contributed by atoms with Gasteiger partial charge < -0.3 is 15.5 Å². The van der Waals surface area contributed by atoms with Crippen molar-refractivity contribution in [1.29, 1.82) is 0 Å². The molecule has 2 aromatic rings. The number of nitrogens with one attached hydrogen (secondary N) is 1. The van der Waals surface area contributed by atoms with Crippen molar-refractivity contribution in [1.82, 2.24) is 4.98 Å². The molecule has 0 spiro atoms. The molecule has 3 aliphatic carbocycles. The molecule has 2 unspecified atom stereocenters. The maximum atomic E-state index is 12.8. The van der Waals surface area contributed by atoms with Crippen LogP contribution in [0.3, 0.4) is 0 Å². The zero-order valence-corrected chi connectivity index (χ0v) is 15.6. The topological polar surface area (TPSA) is 81.2 Å². The van der Waals surface area contributed by atoms with E-state index < -0.39 is 0 Å². The minimum absolute atomic E-state index is 0. The fourth-order valence-corrected chi connectivity index (χ4v) is 4.77. The molecular formula is C20H26ClN3O2. The highest BCUT2D eigenvalue weighted by atomic mass is 35.5. The van der Waals surface area contributed by atoms with E-state index in [0.717, 1.165) is 35.5 Å². The molecule has 1 heterocycles. The van der Waals surface area contributed by atoms with E-state index in [-0.39, 0.29) is 24.2 Å². The number of benzene rings is 1. The third-order valence-electron chi connectivity index (χ3n) is 6.38. The van der Waals surface area contributed by atoms with Gasteiger partial charge >= 0.3 is 0 Å². The Morgan fingerprint density at radius 3 is 2.58 bits per heavy atom. The van der Waals surface area contributed by atoms with Crippen molar-refractivity contribution < 1.29 is 9.21 Å². The predicted octanol–water partition coefficient (Wildman–Crippen LogP) is 4.22. The summed E-state index contributed by atoms with van der Waals surface area (Å²) in [6.07, 6.45) is 7.82. The van der Waals surface area contributed by atoms with Gasteiger partial charge in [0.2, 0.25) is 5.91 Å². The van der Waals surface area contributed by atoms with Crippen molar-refractivity contribution in [2.24, 2.45) is 23.5 Å². The van der Waals surface area contributed by atoms with Crippen molar-refractivity contribution in [2.75, 3.05) is 5.32 Å². The van der Waals surface area contributed by atoms with E-state index >= 15 is 0 Å². The summed E-state index contributed by atoms with van der Waals surface area (Å²) in [4.78, 5) is 17.3. The third kappa shape index (κ3) is 3.23. The van der Waals surface area contributed by atoms with Gasteiger partial charge in [-0.1, -0.05) is 6.42 Å². The molecule has 5 nitrogen and oxygen atoms in total. The molecule has 0 aliphatic heterocycles. The lowest BCUT2D eigenvalue weighted by molar-refractivity contribution is -0.122. The quantitative estimate of drug-likeness (QED) is 0.841. The Balaban J connectivity index is 0.00000168. The number of oxazole rings is 1. The van der Waals surface area contributed by atoms with E-state index in [4.69, 9.17) is 10.2 Å². The Labute approximate surface area is 159 Å². The molecule has 1 aromatic heterocycles. The average molecular weight is 376 g/mol. The van der Waals surface area contributed by atoms with Crippen LogP contribution in [0.4, 0.5) is 5.69 Å². The Kier molecular flexibility index (Phi) is 4.70. The van der Waals surface area contributed by atoms with Crippen LogP contribution in [0.25, 0.3) is 11.1 Å². The number of halogens is 1. The van der Waals surface area contributed by atoms with Gasteiger partial charge in [0.15, 0.2) is 11.5 Å². The Morgan fingerprint density at radius 1 is 1.15 bits per heavy atom. The van der Waals surface area contributed by atoms with Crippen LogP contribution in [0, 0.1) is 17.8 Å². The first-order valence-corrected chi connectivity index (χ1v) is 9.64. The Hall–Kier alpha value is -1.59. The summed E-state index contributed by atoms with van der Waals surface area (Å²) in [5.74, 6) is 2.58. The zero-order chi connectivity index (χ0) is 17.0. The number of nitrogens with zero attached hydrogens (tertiary/aromatic N) is 1. The fourth-order valence-electron chi connectivity index (χ4n) is 4.77. The summed E-state index contributed by atoms with van der Waals surface area (Å²) in [5.41, 5.74) is 8.78. The first-order valence-electron chi connectivity index (χ1n) is 9.64. The number of amides is 1. The van der Waals surface area contributed by atoms with Gasteiger partial charge in [-0.2, -0.15) is 0 Å². The number of anilines is 1. The fraction of sp³-hybridized carbons (Fsp3) is 0.600. The van der Waals surface area contributed by atoms with E-state index in [2.05, 4.69) is 10.3 Å². The lowest BCUT2D eigenvalue weighted by Crippen LogP contribution is -2.48. The monoisotopic (exact) mass is 375 g/mol. The van der Waals surface area contributed by atoms with Crippen LogP contribution in [0.15, 0.2) is 22.6 Å². The van der Waals surface area contributed by atoms with Gasteiger partial charge in [-0.25, -0.2) is 4.98 Å². The van der Waals surface area contributed by atoms with Crippen LogP contribution in [-0.2, 0) is 4.79 Å². The van der Waals surface area contributed by atoms with Gasteiger partial charge in [-0.05, 0) is 62.5 Å². The molecule has 0 radical (unpaired) electrons. The third-order valence-corrected chi connectivity index (χ3v) is 6.38. The van der Waals surface area contributed by atoms with Crippen LogP contribution < -0.4 is 11.1 Å². The van der Waals surface area contributed by atoms with E-state index in [1.165, 1.54) is 32.1 Å². The molecule has 3 saturated carbocycles. The molecular weight excluding hydrogens is 350 g/mol. The number of carbonyl (C=O) groups excluding carboxylic acids is 1. The smallest absolute Gasteiger partial charge is 0.227 e. The number of fused-ring (bicyclic) bond motifs is 3. The summed E-state index contributed by atoms with van der Waals surface area (Å²) >= 11 is 0. The molecule has 5 rings (SSSR count). The van der Waals surface area contributed by atoms with Gasteiger partial charge in [-0.3, -0.25) is 4.79 Å². The molecule has 2 atom stereocenters. The van der Waals surface area contributed by atoms with E-state index in [0.29, 0.717) is 23.8 Å². The minimum atomic E-state index is 0. The molecule has 26 heavy (non-hydrogen) atoms. The normalized spacial score (nSPS) is 30.7. The number of hydrogen-bond donors (Lipinski definition) is 2. The predicted molar refractivity (Wildman–Crippen MR) is 103 cm³/mol. The summed E-state index contributed by atoms with van der Waals surface area (Å²) in [6.45, 7) is 0. The van der Waals surface area contributed by atoms with Gasteiger partial charge in [0.25, 0.3) is 0 Å². The molecule has 140 valence electrons. The van der Waals surface area contributed by atoms with Crippen molar-refractivity contribution in [3.05, 3.63) is 24.1 Å². The lowest BCUT2D eigenvalue weighted by atomic mass is 9.65. The standard InChI is InChI=1S/C20H25N3O2.ClH/c21-18-12-2-1-3-13(18)9-14(8-12)19(24)22-15-6-7-16-17(10-15)25-20(23-16)11-4-5-11;/h6-7,10-14,18H,1-5,8-9,21H2,(H,22,24);1H. The summed E-state index contributed by atoms with van der Waals surface area (Å²) < 4.78 is 5.86. The number of aromatic nitrogens is 1. The number of carbonyl (C=O) groups is 1. The first-order chi connectivity index (χ1) is 12.2. The summed E-state index contributed by atoms with van der Waals surface area (Å²) in [6, 6.07) is 6.06. The van der Waals surface area contributed by atoms with Crippen molar-refractivity contribution >= 4 is 35.1 Å². The van der Waals surface area contributed by atoms with E-state index in [1.807, 2.05) is 18.2 Å². The molecule has 3 fully saturated rings. The average Bonchev–Trinajstić information content (AvgIpc) is 3.34. The molecule has 0 saturated heterocycles. The van der Waals surface area contributed by atoms with Crippen LogP contribution in [0.2, 0.25) is 0 Å². The minimum Gasteiger partial charge on any atom is -0.440 e. The second-order valence-electron chi connectivity index (χ2n) is 8.19. The molecule has 1 amide bonds. The summed E-state index contributed by atoms with van der Waals surface area (Å²) in [7, 11) is 0. The maximum Gasteiger partial charge on any atom is 0.227 e. The van der Waals surface area contributed by atoms with E-state index in [9.17, 15) is 4.79 Å². The molecule has 1 aromatic carbocycles. The number of nitrogens with two attached hydrogens (primary N) is 1. The second kappa shape index (κ2) is 6.86. The number of hydrogen-bond acceptors (Lipinski definition) is 4. The van der Waals surface area contributed by atoms with Crippen molar-refractivity contribution in [2.45, 2.75) is 56.9 Å². The Bertz CT molecular complexity index is 802.